The quantitative estimate of drug-likeness (QED) is 0.916. The van der Waals surface area contributed by atoms with Crippen LogP contribution in [0.3, 0.4) is 0 Å². The smallest absolute Gasteiger partial charge is 0.253 e. The van der Waals surface area contributed by atoms with E-state index in [9.17, 15) is 9.59 Å². The number of morpholine rings is 1. The fraction of sp³-hybridized carbons (Fsp3) is 0.571. The van der Waals surface area contributed by atoms with Gasteiger partial charge in [0.05, 0.1) is 18.8 Å². The Morgan fingerprint density at radius 3 is 2.55 bits per heavy atom. The normalized spacial score (nSPS) is 16.9. The van der Waals surface area contributed by atoms with Crippen molar-refractivity contribution in [1.82, 2.24) is 10.2 Å². The van der Waals surface area contributed by atoms with Crippen molar-refractivity contribution in [1.29, 1.82) is 0 Å². The number of nitrogens with zero attached hydrogens (tertiary/aromatic N) is 1. The molecule has 1 aliphatic rings. The van der Waals surface area contributed by atoms with Crippen LogP contribution in [0, 0.1) is 13.8 Å². The summed E-state index contributed by atoms with van der Waals surface area (Å²) in [5, 5.41) is 2.78. The van der Waals surface area contributed by atoms with Crippen LogP contribution in [0.25, 0.3) is 0 Å². The predicted octanol–water partition coefficient (Wildman–Crippen LogP) is 1.34. The summed E-state index contributed by atoms with van der Waals surface area (Å²) in [4.78, 5) is 28.2. The van der Waals surface area contributed by atoms with Crippen molar-refractivity contribution in [3.8, 4) is 0 Å². The van der Waals surface area contributed by atoms with E-state index < -0.39 is 6.04 Å². The second-order valence-electron chi connectivity index (χ2n) is 4.96. The Bertz CT molecular complexity index is 507. The first-order valence-electron chi connectivity index (χ1n) is 6.73. The minimum absolute atomic E-state index is 0.0498. The number of nitrogens with one attached hydrogen (secondary N) is 1. The monoisotopic (exact) mass is 296 g/mol. The SMILES string of the molecule is Cc1cc(C(=O)NC(C)C(=O)N2CCOCC2)c(C)s1. The molecule has 1 N–H and O–H groups in total. The highest BCUT2D eigenvalue weighted by molar-refractivity contribution is 7.12. The van der Waals surface area contributed by atoms with Gasteiger partial charge >= 0.3 is 0 Å². The molecule has 0 saturated carbocycles. The van der Waals surface area contributed by atoms with Crippen molar-refractivity contribution in [3.63, 3.8) is 0 Å². The third-order valence-electron chi connectivity index (χ3n) is 3.33. The number of carbonyl (C=O) groups is 2. The fourth-order valence-electron chi connectivity index (χ4n) is 2.25. The van der Waals surface area contributed by atoms with Crippen LogP contribution in [-0.2, 0) is 9.53 Å². The van der Waals surface area contributed by atoms with E-state index in [0.717, 1.165) is 9.75 Å². The molecule has 5 nitrogen and oxygen atoms in total. The van der Waals surface area contributed by atoms with Crippen molar-refractivity contribution in [2.75, 3.05) is 26.3 Å². The molecule has 0 bridgehead atoms. The zero-order valence-electron chi connectivity index (χ0n) is 12.1. The molecule has 0 spiro atoms. The van der Waals surface area contributed by atoms with Crippen molar-refractivity contribution in [2.24, 2.45) is 0 Å². The van der Waals surface area contributed by atoms with Crippen molar-refractivity contribution < 1.29 is 14.3 Å². The summed E-state index contributed by atoms with van der Waals surface area (Å²) in [5.41, 5.74) is 0.661. The van der Waals surface area contributed by atoms with E-state index >= 15 is 0 Å². The molecule has 2 amide bonds. The zero-order valence-corrected chi connectivity index (χ0v) is 12.9. The number of hydrogen-bond donors (Lipinski definition) is 1. The van der Waals surface area contributed by atoms with Crippen LogP contribution in [0.5, 0.6) is 0 Å². The van der Waals surface area contributed by atoms with Crippen molar-refractivity contribution >= 4 is 23.2 Å². The van der Waals surface area contributed by atoms with E-state index in [1.54, 1.807) is 23.2 Å². The second kappa shape index (κ2) is 6.37. The molecule has 1 aromatic heterocycles. The molecule has 0 aliphatic carbocycles. The Balaban J connectivity index is 1.96. The van der Waals surface area contributed by atoms with Gasteiger partial charge in [-0.1, -0.05) is 0 Å². The molecule has 20 heavy (non-hydrogen) atoms. The van der Waals surface area contributed by atoms with E-state index in [0.29, 0.717) is 31.9 Å². The largest absolute Gasteiger partial charge is 0.378 e. The lowest BCUT2D eigenvalue weighted by Gasteiger charge is -2.29. The van der Waals surface area contributed by atoms with E-state index in [2.05, 4.69) is 5.32 Å². The fourth-order valence-corrected chi connectivity index (χ4v) is 3.17. The van der Waals surface area contributed by atoms with Crippen LogP contribution in [0.2, 0.25) is 0 Å². The summed E-state index contributed by atoms with van der Waals surface area (Å²) in [5.74, 6) is -0.229. The molecule has 6 heteroatoms. The molecular formula is C14H20N2O3S. The third kappa shape index (κ3) is 3.37. The molecule has 1 unspecified atom stereocenters. The van der Waals surface area contributed by atoms with Crippen LogP contribution >= 0.6 is 11.3 Å². The van der Waals surface area contributed by atoms with Gasteiger partial charge in [0.25, 0.3) is 5.91 Å². The maximum atomic E-state index is 12.2. The number of amides is 2. The highest BCUT2D eigenvalue weighted by Gasteiger charge is 2.24. The molecule has 0 radical (unpaired) electrons. The third-order valence-corrected chi connectivity index (χ3v) is 4.29. The summed E-state index contributed by atoms with van der Waals surface area (Å²) in [6.07, 6.45) is 0. The minimum atomic E-state index is -0.514. The van der Waals surface area contributed by atoms with Gasteiger partial charge in [0.2, 0.25) is 5.91 Å². The molecule has 1 aliphatic heterocycles. The van der Waals surface area contributed by atoms with Gasteiger partial charge in [-0.3, -0.25) is 9.59 Å². The molecule has 1 saturated heterocycles. The Labute approximate surface area is 122 Å². The van der Waals surface area contributed by atoms with Crippen LogP contribution in [0.4, 0.5) is 0 Å². The molecule has 1 fully saturated rings. The second-order valence-corrected chi connectivity index (χ2v) is 6.42. The number of thiophene rings is 1. The van der Waals surface area contributed by atoms with Gasteiger partial charge in [0.15, 0.2) is 0 Å². The lowest BCUT2D eigenvalue weighted by molar-refractivity contribution is -0.136. The van der Waals surface area contributed by atoms with Crippen molar-refractivity contribution in [3.05, 3.63) is 21.4 Å². The number of carbonyl (C=O) groups excluding carboxylic acids is 2. The van der Waals surface area contributed by atoms with Crippen LogP contribution in [-0.4, -0.2) is 49.1 Å². The standard InChI is InChI=1S/C14H20N2O3S/c1-9-8-12(11(3)20-9)13(17)15-10(2)14(18)16-4-6-19-7-5-16/h8,10H,4-7H2,1-3H3,(H,15,17). The topological polar surface area (TPSA) is 58.6 Å². The summed E-state index contributed by atoms with van der Waals surface area (Å²) in [6, 6.07) is 1.35. The van der Waals surface area contributed by atoms with E-state index in [4.69, 9.17) is 4.74 Å². The average Bonchev–Trinajstić information content (AvgIpc) is 2.78. The van der Waals surface area contributed by atoms with Crippen LogP contribution < -0.4 is 5.32 Å². The summed E-state index contributed by atoms with van der Waals surface area (Å²) < 4.78 is 5.22. The van der Waals surface area contributed by atoms with Gasteiger partial charge in [-0.15, -0.1) is 11.3 Å². The zero-order chi connectivity index (χ0) is 14.7. The van der Waals surface area contributed by atoms with Gasteiger partial charge in [0.1, 0.15) is 6.04 Å². The van der Waals surface area contributed by atoms with E-state index in [-0.39, 0.29) is 11.8 Å². The van der Waals surface area contributed by atoms with E-state index in [1.165, 1.54) is 0 Å². The first-order chi connectivity index (χ1) is 9.49. The summed E-state index contributed by atoms with van der Waals surface area (Å²) >= 11 is 1.59. The molecule has 0 aromatic carbocycles. The molecule has 2 rings (SSSR count). The maximum absolute atomic E-state index is 12.2. The number of hydrogen-bond acceptors (Lipinski definition) is 4. The maximum Gasteiger partial charge on any atom is 0.253 e. The Morgan fingerprint density at radius 1 is 1.35 bits per heavy atom. The molecule has 110 valence electrons. The van der Waals surface area contributed by atoms with Gasteiger partial charge in [-0.2, -0.15) is 0 Å². The Hall–Kier alpha value is -1.40. The summed E-state index contributed by atoms with van der Waals surface area (Å²) in [7, 11) is 0. The molecule has 2 heterocycles. The minimum Gasteiger partial charge on any atom is -0.378 e. The number of aryl methyl sites for hydroxylation is 2. The Morgan fingerprint density at radius 2 is 2.00 bits per heavy atom. The highest BCUT2D eigenvalue weighted by atomic mass is 32.1. The first kappa shape index (κ1) is 15.0. The van der Waals surface area contributed by atoms with Gasteiger partial charge in [-0.05, 0) is 26.8 Å². The van der Waals surface area contributed by atoms with E-state index in [1.807, 2.05) is 19.9 Å². The first-order valence-corrected chi connectivity index (χ1v) is 7.55. The Kier molecular flexibility index (Phi) is 4.77. The van der Waals surface area contributed by atoms with Gasteiger partial charge < -0.3 is 15.0 Å². The highest BCUT2D eigenvalue weighted by Crippen LogP contribution is 2.20. The lowest BCUT2D eigenvalue weighted by atomic mass is 10.2. The molecular weight excluding hydrogens is 276 g/mol. The van der Waals surface area contributed by atoms with Crippen molar-refractivity contribution in [2.45, 2.75) is 26.8 Å². The number of rotatable bonds is 3. The lowest BCUT2D eigenvalue weighted by Crippen LogP contribution is -2.50. The van der Waals surface area contributed by atoms with Crippen LogP contribution in [0.15, 0.2) is 6.07 Å². The molecule has 1 aromatic rings. The summed E-state index contributed by atoms with van der Waals surface area (Å²) in [6.45, 7) is 7.93. The van der Waals surface area contributed by atoms with Gasteiger partial charge in [-0.25, -0.2) is 0 Å². The van der Waals surface area contributed by atoms with Crippen LogP contribution in [0.1, 0.15) is 27.0 Å². The molecule has 1 atom stereocenters. The van der Waals surface area contributed by atoms with Gasteiger partial charge in [0, 0.05) is 22.8 Å². The predicted molar refractivity (Wildman–Crippen MR) is 78.1 cm³/mol. The average molecular weight is 296 g/mol. The number of ether oxygens (including phenoxy) is 1.